The number of para-hydroxylation sites is 1. The van der Waals surface area contributed by atoms with E-state index in [4.69, 9.17) is 0 Å². The van der Waals surface area contributed by atoms with E-state index in [9.17, 15) is 0 Å². The summed E-state index contributed by atoms with van der Waals surface area (Å²) in [4.78, 5) is 0. The Morgan fingerprint density at radius 1 is 1.00 bits per heavy atom. The predicted octanol–water partition coefficient (Wildman–Crippen LogP) is 4.58. The van der Waals surface area contributed by atoms with E-state index in [-0.39, 0.29) is 10.8 Å². The Hall–Kier alpha value is -1.50. The second-order valence-electron chi connectivity index (χ2n) is 8.11. The van der Waals surface area contributed by atoms with Crippen LogP contribution in [0.15, 0.2) is 30.3 Å². The van der Waals surface area contributed by atoms with Crippen molar-refractivity contribution in [1.29, 1.82) is 0 Å². The Balaban J connectivity index is 2.28. The summed E-state index contributed by atoms with van der Waals surface area (Å²) in [6, 6.07) is 11.2. The molecule has 0 fully saturated rings. The molecule has 106 valence electrons. The van der Waals surface area contributed by atoms with Gasteiger partial charge in [0, 0.05) is 12.5 Å². The first-order valence-corrected chi connectivity index (χ1v) is 7.52. The Bertz CT molecular complexity index is 668. The molecule has 20 heavy (non-hydrogen) atoms. The summed E-state index contributed by atoms with van der Waals surface area (Å²) in [5, 5.41) is 1.38. The molecular formula is C19H25N. The number of fused-ring (bicyclic) bond motifs is 3. The smallest absolute Gasteiger partial charge is 0.112 e. The summed E-state index contributed by atoms with van der Waals surface area (Å²) in [7, 11) is 0. The largest absolute Gasteiger partial charge is 0.328 e. The number of rotatable bonds is 0. The molecule has 1 aliphatic rings. The Morgan fingerprint density at radius 3 is 2.25 bits per heavy atom. The molecule has 3 rings (SSSR count). The highest BCUT2D eigenvalue weighted by atomic mass is 15.1. The zero-order chi connectivity index (χ0) is 14.7. The number of hydrogen-bond acceptors (Lipinski definition) is 0. The highest BCUT2D eigenvalue weighted by Gasteiger charge is 2.38. The lowest BCUT2D eigenvalue weighted by Gasteiger charge is -2.42. The minimum Gasteiger partial charge on any atom is -0.328 e. The number of pyridine rings is 1. The maximum absolute atomic E-state index is 2.43. The van der Waals surface area contributed by atoms with Gasteiger partial charge in [-0.25, -0.2) is 0 Å². The van der Waals surface area contributed by atoms with Crippen LogP contribution in [0.5, 0.6) is 0 Å². The summed E-state index contributed by atoms with van der Waals surface area (Å²) in [5.41, 5.74) is 4.73. The van der Waals surface area contributed by atoms with Crippen LogP contribution in [0.2, 0.25) is 0 Å². The number of aromatic nitrogens is 1. The van der Waals surface area contributed by atoms with E-state index >= 15 is 0 Å². The van der Waals surface area contributed by atoms with Gasteiger partial charge in [0.15, 0.2) is 0 Å². The van der Waals surface area contributed by atoms with Gasteiger partial charge in [0.25, 0.3) is 0 Å². The van der Waals surface area contributed by atoms with E-state index < -0.39 is 0 Å². The molecular weight excluding hydrogens is 242 g/mol. The summed E-state index contributed by atoms with van der Waals surface area (Å²) in [6.07, 6.45) is 0. The van der Waals surface area contributed by atoms with Crippen LogP contribution in [0.1, 0.15) is 58.7 Å². The van der Waals surface area contributed by atoms with E-state index in [1.165, 1.54) is 22.2 Å². The molecule has 1 atom stereocenters. The monoisotopic (exact) mass is 267 g/mol. The predicted molar refractivity (Wildman–Crippen MR) is 84.7 cm³/mol. The fourth-order valence-corrected chi connectivity index (χ4v) is 3.18. The molecule has 1 heteroatoms. The van der Waals surface area contributed by atoms with Gasteiger partial charge >= 0.3 is 0 Å². The first-order chi connectivity index (χ1) is 9.19. The van der Waals surface area contributed by atoms with Gasteiger partial charge in [-0.05, 0) is 33.9 Å². The quantitative estimate of drug-likeness (QED) is 0.486. The van der Waals surface area contributed by atoms with Crippen molar-refractivity contribution in [1.82, 2.24) is 0 Å². The average molecular weight is 267 g/mol. The number of hydrogen-bond donors (Lipinski definition) is 0. The van der Waals surface area contributed by atoms with Crippen molar-refractivity contribution in [3.8, 4) is 0 Å². The Labute approximate surface area is 122 Å². The number of nitrogens with zero attached hydrogens (tertiary/aromatic N) is 1. The maximum atomic E-state index is 2.43. The van der Waals surface area contributed by atoms with E-state index in [1.807, 2.05) is 0 Å². The normalized spacial score (nSPS) is 18.4. The SMILES string of the molecule is CC(C)(C)c1cc2[n+](c3ccccc13)[CH-]C2C(C)(C)C. The first-order valence-electron chi connectivity index (χ1n) is 7.52. The van der Waals surface area contributed by atoms with Crippen LogP contribution < -0.4 is 4.57 Å². The molecule has 0 saturated carbocycles. The van der Waals surface area contributed by atoms with Crippen LogP contribution in [-0.2, 0) is 5.41 Å². The lowest BCUT2D eigenvalue weighted by atomic mass is 9.72. The van der Waals surface area contributed by atoms with Crippen molar-refractivity contribution < 1.29 is 4.57 Å². The van der Waals surface area contributed by atoms with Crippen molar-refractivity contribution in [3.05, 3.63) is 48.1 Å². The van der Waals surface area contributed by atoms with Gasteiger partial charge in [-0.2, -0.15) is 0 Å². The third-order valence-corrected chi connectivity index (χ3v) is 4.38. The molecule has 2 heterocycles. The van der Waals surface area contributed by atoms with E-state index in [0.717, 1.165) is 0 Å². The van der Waals surface area contributed by atoms with E-state index in [0.29, 0.717) is 5.92 Å². The highest BCUT2D eigenvalue weighted by molar-refractivity contribution is 5.81. The summed E-state index contributed by atoms with van der Waals surface area (Å²) in [5.74, 6) is 0.549. The van der Waals surface area contributed by atoms with Crippen molar-refractivity contribution in [3.63, 3.8) is 0 Å². The summed E-state index contributed by atoms with van der Waals surface area (Å²) >= 11 is 0. The van der Waals surface area contributed by atoms with Gasteiger partial charge in [-0.1, -0.05) is 59.7 Å². The van der Waals surface area contributed by atoms with Crippen LogP contribution in [0.4, 0.5) is 0 Å². The highest BCUT2D eigenvalue weighted by Crippen LogP contribution is 2.43. The number of benzene rings is 1. The average Bonchev–Trinajstić information content (AvgIpc) is 2.25. The molecule has 1 aromatic carbocycles. The topological polar surface area (TPSA) is 3.88 Å². The second-order valence-corrected chi connectivity index (χ2v) is 8.11. The zero-order valence-electron chi connectivity index (χ0n) is 13.5. The summed E-state index contributed by atoms with van der Waals surface area (Å²) < 4.78 is 2.38. The Kier molecular flexibility index (Phi) is 2.70. The van der Waals surface area contributed by atoms with Crippen molar-refractivity contribution in [2.24, 2.45) is 5.41 Å². The van der Waals surface area contributed by atoms with Crippen molar-refractivity contribution >= 4 is 10.9 Å². The molecule has 2 aromatic rings. The minimum absolute atomic E-state index is 0.174. The van der Waals surface area contributed by atoms with Crippen LogP contribution in [-0.4, -0.2) is 0 Å². The van der Waals surface area contributed by atoms with Crippen LogP contribution >= 0.6 is 0 Å². The van der Waals surface area contributed by atoms with Crippen molar-refractivity contribution in [2.45, 2.75) is 52.9 Å². The minimum atomic E-state index is 0.174. The molecule has 1 unspecified atom stereocenters. The third-order valence-electron chi connectivity index (χ3n) is 4.38. The third kappa shape index (κ3) is 1.91. The van der Waals surface area contributed by atoms with Crippen LogP contribution in [0, 0.1) is 12.0 Å². The first kappa shape index (κ1) is 13.5. The standard InChI is InChI=1S/C19H25N/c1-18(2,3)14-11-17-15(19(4,5)6)12-20(17)16-10-8-7-9-13(14)16/h7-12,15H,1-6H3. The lowest BCUT2D eigenvalue weighted by molar-refractivity contribution is -0.659. The van der Waals surface area contributed by atoms with Gasteiger partial charge in [0.1, 0.15) is 5.52 Å². The molecule has 1 aromatic heterocycles. The van der Waals surface area contributed by atoms with Crippen LogP contribution in [0.3, 0.4) is 0 Å². The fourth-order valence-electron chi connectivity index (χ4n) is 3.18. The van der Waals surface area contributed by atoms with Gasteiger partial charge in [0.2, 0.25) is 0 Å². The van der Waals surface area contributed by atoms with Gasteiger partial charge < -0.3 is 4.57 Å². The fraction of sp³-hybridized carbons (Fsp3) is 0.474. The van der Waals surface area contributed by atoms with Gasteiger partial charge in [0.05, 0.1) is 5.69 Å². The molecule has 0 spiro atoms. The lowest BCUT2D eigenvalue weighted by Crippen LogP contribution is -2.54. The van der Waals surface area contributed by atoms with E-state index in [2.05, 4.69) is 83.0 Å². The molecule has 1 nitrogen and oxygen atoms in total. The van der Waals surface area contributed by atoms with Gasteiger partial charge in [-0.3, -0.25) is 0 Å². The van der Waals surface area contributed by atoms with Gasteiger partial charge in [-0.15, -0.1) is 0 Å². The molecule has 0 amide bonds. The molecule has 1 aliphatic heterocycles. The molecule has 0 saturated heterocycles. The zero-order valence-corrected chi connectivity index (χ0v) is 13.5. The molecule has 0 N–H and O–H groups in total. The maximum Gasteiger partial charge on any atom is 0.112 e. The Morgan fingerprint density at radius 2 is 1.65 bits per heavy atom. The second kappa shape index (κ2) is 4.00. The van der Waals surface area contributed by atoms with Crippen molar-refractivity contribution in [2.75, 3.05) is 0 Å². The summed E-state index contributed by atoms with van der Waals surface area (Å²) in [6.45, 7) is 16.3. The molecule has 0 radical (unpaired) electrons. The van der Waals surface area contributed by atoms with Crippen LogP contribution in [0.25, 0.3) is 10.9 Å². The molecule has 0 bridgehead atoms. The van der Waals surface area contributed by atoms with E-state index in [1.54, 1.807) is 0 Å². The molecule has 0 aliphatic carbocycles.